The normalized spacial score (nSPS) is 15.6. The Labute approximate surface area is 256 Å². The number of ether oxygens (including phenoxy) is 4. The molecule has 0 N–H and O–H groups in total. The number of hydrogen-bond acceptors (Lipinski definition) is 10. The molecule has 0 aliphatic heterocycles. The maximum Gasteiger partial charge on any atom is 0.323 e. The zero-order valence-corrected chi connectivity index (χ0v) is 26.3. The first kappa shape index (κ1) is 30.8. The van der Waals surface area contributed by atoms with Crippen LogP contribution in [0.25, 0.3) is 22.5 Å². The standard InChI is InChI=1S/C34H36N2O8/c1-17-23-13-33(29(37)41-5,30(38)42-6)15-25(23)19(3)35-27(17)21-9-11-22(12-10-21)28-18(2)24-14-34(31(39)43-7,32(40)44-8)16-26(24)20(4)36-28/h9-12H,13-16H2,1-8H3. The molecule has 10 heteroatoms. The molecule has 230 valence electrons. The maximum atomic E-state index is 12.8. The van der Waals surface area contributed by atoms with E-state index in [1.165, 1.54) is 28.4 Å². The van der Waals surface area contributed by atoms with Gasteiger partial charge in [0.05, 0.1) is 39.8 Å². The van der Waals surface area contributed by atoms with Crippen LogP contribution < -0.4 is 0 Å². The van der Waals surface area contributed by atoms with E-state index >= 15 is 0 Å². The average Bonchev–Trinajstić information content (AvgIpc) is 3.66. The van der Waals surface area contributed by atoms with Gasteiger partial charge in [0.1, 0.15) is 0 Å². The third kappa shape index (κ3) is 4.46. The molecule has 0 saturated carbocycles. The SMILES string of the molecule is COC(=O)C1(C(=O)OC)Cc2c(C)nc(-c3ccc(-c4nc(C)c5c(c4C)CC(C(=O)OC)(C(=O)OC)C5)cc3)c(C)c2C1. The summed E-state index contributed by atoms with van der Waals surface area (Å²) in [5, 5.41) is 0. The molecule has 0 amide bonds. The highest BCUT2D eigenvalue weighted by Crippen LogP contribution is 2.45. The van der Waals surface area contributed by atoms with Gasteiger partial charge in [-0.1, -0.05) is 24.3 Å². The Hall–Kier alpha value is -4.60. The molecule has 0 bridgehead atoms. The van der Waals surface area contributed by atoms with Gasteiger partial charge >= 0.3 is 23.9 Å². The Kier molecular flexibility index (Phi) is 7.82. The van der Waals surface area contributed by atoms with Crippen LogP contribution in [0, 0.1) is 38.5 Å². The highest BCUT2D eigenvalue weighted by atomic mass is 16.6. The lowest BCUT2D eigenvalue weighted by Gasteiger charge is -2.22. The third-order valence-electron chi connectivity index (χ3n) is 9.43. The molecule has 0 fully saturated rings. The number of carbonyl (C=O) groups is 4. The van der Waals surface area contributed by atoms with E-state index in [1.807, 2.05) is 52.0 Å². The van der Waals surface area contributed by atoms with E-state index in [9.17, 15) is 19.2 Å². The zero-order chi connectivity index (χ0) is 32.1. The number of aromatic nitrogens is 2. The quantitative estimate of drug-likeness (QED) is 0.233. The van der Waals surface area contributed by atoms with Crippen molar-refractivity contribution >= 4 is 23.9 Å². The number of methoxy groups -OCH3 is 4. The van der Waals surface area contributed by atoms with E-state index in [2.05, 4.69) is 0 Å². The molecule has 0 spiro atoms. The number of benzene rings is 1. The summed E-state index contributed by atoms with van der Waals surface area (Å²) in [4.78, 5) is 61.0. The highest BCUT2D eigenvalue weighted by molar-refractivity contribution is 6.02. The maximum absolute atomic E-state index is 12.8. The van der Waals surface area contributed by atoms with Crippen LogP contribution in [0.15, 0.2) is 24.3 Å². The molecule has 0 unspecified atom stereocenters. The van der Waals surface area contributed by atoms with Crippen molar-refractivity contribution in [3.63, 3.8) is 0 Å². The molecule has 0 saturated heterocycles. The van der Waals surface area contributed by atoms with Crippen molar-refractivity contribution in [1.29, 1.82) is 0 Å². The summed E-state index contributed by atoms with van der Waals surface area (Å²) in [6, 6.07) is 7.87. The largest absolute Gasteiger partial charge is 0.468 e. The van der Waals surface area contributed by atoms with Crippen LogP contribution in [0.2, 0.25) is 0 Å². The Morgan fingerprint density at radius 1 is 0.523 bits per heavy atom. The van der Waals surface area contributed by atoms with Crippen molar-refractivity contribution < 1.29 is 38.1 Å². The van der Waals surface area contributed by atoms with Gasteiger partial charge in [-0.2, -0.15) is 0 Å². The van der Waals surface area contributed by atoms with E-state index < -0.39 is 34.7 Å². The minimum Gasteiger partial charge on any atom is -0.468 e. The first-order valence-corrected chi connectivity index (χ1v) is 14.3. The minimum absolute atomic E-state index is 0.177. The molecule has 2 aliphatic rings. The van der Waals surface area contributed by atoms with Crippen molar-refractivity contribution in [2.75, 3.05) is 28.4 Å². The molecule has 1 aromatic carbocycles. The van der Waals surface area contributed by atoms with Crippen LogP contribution in [0.3, 0.4) is 0 Å². The molecule has 2 aliphatic carbocycles. The van der Waals surface area contributed by atoms with Crippen LogP contribution in [-0.4, -0.2) is 62.3 Å². The fraction of sp³-hybridized carbons (Fsp3) is 0.412. The molecule has 3 aromatic rings. The van der Waals surface area contributed by atoms with Gasteiger partial charge in [0.2, 0.25) is 0 Å². The monoisotopic (exact) mass is 600 g/mol. The Balaban J connectivity index is 1.52. The molecule has 2 heterocycles. The smallest absolute Gasteiger partial charge is 0.323 e. The lowest BCUT2D eigenvalue weighted by atomic mass is 9.84. The van der Waals surface area contributed by atoms with Gasteiger partial charge in [-0.05, 0) is 61.1 Å². The Morgan fingerprint density at radius 3 is 1.07 bits per heavy atom. The second kappa shape index (κ2) is 11.2. The predicted octanol–water partition coefficient (Wildman–Crippen LogP) is 3.91. The minimum atomic E-state index is -1.43. The topological polar surface area (TPSA) is 131 Å². The van der Waals surface area contributed by atoms with E-state index in [-0.39, 0.29) is 25.7 Å². The van der Waals surface area contributed by atoms with E-state index in [1.54, 1.807) is 0 Å². The van der Waals surface area contributed by atoms with Crippen molar-refractivity contribution in [1.82, 2.24) is 9.97 Å². The van der Waals surface area contributed by atoms with Gasteiger partial charge in [0.25, 0.3) is 0 Å². The fourth-order valence-corrected chi connectivity index (χ4v) is 6.97. The number of nitrogens with zero attached hydrogens (tertiary/aromatic N) is 2. The average molecular weight is 601 g/mol. The summed E-state index contributed by atoms with van der Waals surface area (Å²) in [7, 11) is 5.09. The number of carbonyl (C=O) groups excluding carboxylic acids is 4. The van der Waals surface area contributed by atoms with Crippen molar-refractivity contribution in [2.45, 2.75) is 53.4 Å². The Morgan fingerprint density at radius 2 is 0.795 bits per heavy atom. The van der Waals surface area contributed by atoms with Crippen LogP contribution in [0.5, 0.6) is 0 Å². The van der Waals surface area contributed by atoms with Gasteiger partial charge in [0.15, 0.2) is 10.8 Å². The number of rotatable bonds is 6. The summed E-state index contributed by atoms with van der Waals surface area (Å²) in [5.41, 5.74) is 7.18. The summed E-state index contributed by atoms with van der Waals surface area (Å²) in [6.45, 7) is 7.65. The van der Waals surface area contributed by atoms with E-state index in [0.717, 1.165) is 67.3 Å². The van der Waals surface area contributed by atoms with Gasteiger partial charge in [-0.3, -0.25) is 29.1 Å². The predicted molar refractivity (Wildman–Crippen MR) is 160 cm³/mol. The van der Waals surface area contributed by atoms with Gasteiger partial charge in [0, 0.05) is 48.2 Å². The first-order valence-electron chi connectivity index (χ1n) is 14.3. The van der Waals surface area contributed by atoms with E-state index in [0.29, 0.717) is 0 Å². The van der Waals surface area contributed by atoms with Crippen molar-refractivity contribution in [2.24, 2.45) is 10.8 Å². The highest BCUT2D eigenvalue weighted by Gasteiger charge is 2.55. The zero-order valence-electron chi connectivity index (χ0n) is 26.3. The molecule has 44 heavy (non-hydrogen) atoms. The number of fused-ring (bicyclic) bond motifs is 2. The molecule has 0 radical (unpaired) electrons. The second-order valence-electron chi connectivity index (χ2n) is 11.7. The van der Waals surface area contributed by atoms with Crippen molar-refractivity contribution in [3.8, 4) is 22.5 Å². The lowest BCUT2D eigenvalue weighted by Crippen LogP contribution is -2.42. The van der Waals surface area contributed by atoms with Crippen LogP contribution in [0.1, 0.15) is 44.8 Å². The van der Waals surface area contributed by atoms with Crippen LogP contribution >= 0.6 is 0 Å². The number of pyridine rings is 2. The van der Waals surface area contributed by atoms with Gasteiger partial charge in [-0.25, -0.2) is 0 Å². The Bertz CT molecular complexity index is 1570. The fourth-order valence-electron chi connectivity index (χ4n) is 6.97. The molecular formula is C34H36N2O8. The summed E-state index contributed by atoms with van der Waals surface area (Å²) >= 11 is 0. The lowest BCUT2D eigenvalue weighted by molar-refractivity contribution is -0.170. The molecule has 5 rings (SSSR count). The number of esters is 4. The molecular weight excluding hydrogens is 564 g/mol. The van der Waals surface area contributed by atoms with Gasteiger partial charge in [-0.15, -0.1) is 0 Å². The van der Waals surface area contributed by atoms with E-state index in [4.69, 9.17) is 28.9 Å². The third-order valence-corrected chi connectivity index (χ3v) is 9.43. The number of aryl methyl sites for hydroxylation is 2. The number of hydrogen-bond donors (Lipinski definition) is 0. The summed E-state index contributed by atoms with van der Waals surface area (Å²) < 4.78 is 20.1. The van der Waals surface area contributed by atoms with Crippen LogP contribution in [0.4, 0.5) is 0 Å². The summed E-state index contributed by atoms with van der Waals surface area (Å²) in [5.74, 6) is -2.47. The molecule has 0 atom stereocenters. The molecule has 10 nitrogen and oxygen atoms in total. The first-order chi connectivity index (χ1) is 20.9. The van der Waals surface area contributed by atoms with Crippen molar-refractivity contribution in [3.05, 3.63) is 69.0 Å². The van der Waals surface area contributed by atoms with Crippen LogP contribution in [-0.2, 0) is 63.8 Å². The second-order valence-corrected chi connectivity index (χ2v) is 11.7. The summed E-state index contributed by atoms with van der Waals surface area (Å²) in [6.07, 6.45) is 0.711. The van der Waals surface area contributed by atoms with Gasteiger partial charge < -0.3 is 18.9 Å². The molecule has 2 aromatic heterocycles.